The van der Waals surface area contributed by atoms with E-state index in [1.54, 1.807) is 10.7 Å². The van der Waals surface area contributed by atoms with Gasteiger partial charge in [0.2, 0.25) is 0 Å². The summed E-state index contributed by atoms with van der Waals surface area (Å²) in [6.07, 6.45) is -2.20. The molecule has 1 aromatic heterocycles. The molecule has 1 saturated carbocycles. The molecule has 1 aromatic carbocycles. The molecule has 0 aliphatic heterocycles. The first kappa shape index (κ1) is 19.4. The number of carbonyl (C=O) groups is 1. The monoisotopic (exact) mass is 375 g/mol. The molecule has 0 radical (unpaired) electrons. The number of ether oxygens (including phenoxy) is 1. The number of nitrogens with one attached hydrogen (secondary N) is 1. The molecule has 0 unspecified atom stereocenters. The third kappa shape index (κ3) is 4.66. The molecule has 0 saturated heterocycles. The van der Waals surface area contributed by atoms with E-state index in [9.17, 15) is 14.3 Å². The standard InChI is InChI=1S/C20H26FN3O3/c1-20(2,3)24-18(11-16(23-24)14-9-15(21)17(25)10-14)22-19(26)27-12-13-7-5-4-6-8-13/h4-8,11,14-15,17,25H,9-10,12H2,1-3H3,(H,22,26)/t14-,15-,17-/m1/s1. The Morgan fingerprint density at radius 3 is 2.63 bits per heavy atom. The molecule has 3 rings (SSSR count). The molecule has 6 nitrogen and oxygen atoms in total. The number of hydrogen-bond acceptors (Lipinski definition) is 4. The minimum Gasteiger partial charge on any atom is -0.444 e. The number of aromatic nitrogens is 2. The number of anilines is 1. The van der Waals surface area contributed by atoms with E-state index < -0.39 is 18.4 Å². The number of carbonyl (C=O) groups excluding carboxylic acids is 1. The highest BCUT2D eigenvalue weighted by Crippen LogP contribution is 2.37. The zero-order valence-electron chi connectivity index (χ0n) is 15.9. The van der Waals surface area contributed by atoms with Gasteiger partial charge in [0.15, 0.2) is 0 Å². The van der Waals surface area contributed by atoms with Crippen molar-refractivity contribution in [3.05, 3.63) is 47.7 Å². The topological polar surface area (TPSA) is 76.4 Å². The third-order valence-corrected chi connectivity index (χ3v) is 4.68. The highest BCUT2D eigenvalue weighted by atomic mass is 19.1. The SMILES string of the molecule is CC(C)(C)n1nc([C@H]2C[C@@H](O)[C@H](F)C2)cc1NC(=O)OCc1ccccc1. The van der Waals surface area contributed by atoms with Crippen molar-refractivity contribution in [3.8, 4) is 0 Å². The normalized spacial score (nSPS) is 22.6. The van der Waals surface area contributed by atoms with Gasteiger partial charge in [-0.05, 0) is 39.2 Å². The van der Waals surface area contributed by atoms with E-state index in [1.165, 1.54) is 0 Å². The maximum Gasteiger partial charge on any atom is 0.413 e. The fourth-order valence-corrected chi connectivity index (χ4v) is 3.27. The van der Waals surface area contributed by atoms with Crippen LogP contribution in [0.2, 0.25) is 0 Å². The largest absolute Gasteiger partial charge is 0.444 e. The quantitative estimate of drug-likeness (QED) is 0.848. The van der Waals surface area contributed by atoms with Gasteiger partial charge in [-0.2, -0.15) is 5.10 Å². The van der Waals surface area contributed by atoms with Gasteiger partial charge in [-0.1, -0.05) is 30.3 Å². The predicted molar refractivity (Wildman–Crippen MR) is 100 cm³/mol. The molecule has 3 atom stereocenters. The molecule has 1 amide bonds. The minimum absolute atomic E-state index is 0.167. The van der Waals surface area contributed by atoms with E-state index in [2.05, 4.69) is 10.4 Å². The lowest BCUT2D eigenvalue weighted by atomic mass is 10.0. The van der Waals surface area contributed by atoms with Gasteiger partial charge < -0.3 is 9.84 Å². The van der Waals surface area contributed by atoms with E-state index in [-0.39, 0.29) is 24.5 Å². The second-order valence-electron chi connectivity index (χ2n) is 7.98. The van der Waals surface area contributed by atoms with Crippen molar-refractivity contribution in [2.45, 2.75) is 64.0 Å². The Kier molecular flexibility index (Phi) is 5.51. The Balaban J connectivity index is 1.72. The van der Waals surface area contributed by atoms with Crippen molar-refractivity contribution < 1.29 is 19.0 Å². The Morgan fingerprint density at radius 1 is 1.33 bits per heavy atom. The van der Waals surface area contributed by atoms with Crippen LogP contribution in [0, 0.1) is 0 Å². The molecule has 2 aromatic rings. The van der Waals surface area contributed by atoms with Crippen molar-refractivity contribution in [2.24, 2.45) is 0 Å². The molecule has 1 aliphatic carbocycles. The fraction of sp³-hybridized carbons (Fsp3) is 0.500. The van der Waals surface area contributed by atoms with Crippen LogP contribution >= 0.6 is 0 Å². The third-order valence-electron chi connectivity index (χ3n) is 4.68. The number of rotatable bonds is 4. The van der Waals surface area contributed by atoms with Crippen LogP contribution in [-0.2, 0) is 16.9 Å². The average molecular weight is 375 g/mol. The van der Waals surface area contributed by atoms with Crippen LogP contribution in [0.3, 0.4) is 0 Å². The number of aliphatic hydroxyl groups is 1. The smallest absolute Gasteiger partial charge is 0.413 e. The Bertz CT molecular complexity index is 776. The lowest BCUT2D eigenvalue weighted by Gasteiger charge is -2.22. The van der Waals surface area contributed by atoms with Crippen molar-refractivity contribution in [3.63, 3.8) is 0 Å². The van der Waals surface area contributed by atoms with Gasteiger partial charge in [-0.3, -0.25) is 5.32 Å². The lowest BCUT2D eigenvalue weighted by Crippen LogP contribution is -2.27. The van der Waals surface area contributed by atoms with Gasteiger partial charge in [-0.15, -0.1) is 0 Å². The van der Waals surface area contributed by atoms with Crippen molar-refractivity contribution in [1.82, 2.24) is 9.78 Å². The number of aliphatic hydroxyl groups excluding tert-OH is 1. The lowest BCUT2D eigenvalue weighted by molar-refractivity contribution is 0.103. The molecule has 0 spiro atoms. The summed E-state index contributed by atoms with van der Waals surface area (Å²) in [5.74, 6) is 0.326. The van der Waals surface area contributed by atoms with Crippen LogP contribution in [0.15, 0.2) is 36.4 Å². The highest BCUT2D eigenvalue weighted by molar-refractivity contribution is 5.83. The minimum atomic E-state index is -1.23. The molecule has 7 heteroatoms. The molecule has 2 N–H and O–H groups in total. The molecule has 1 aliphatic rings. The van der Waals surface area contributed by atoms with Crippen LogP contribution in [0.25, 0.3) is 0 Å². The van der Waals surface area contributed by atoms with Crippen LogP contribution in [0.4, 0.5) is 15.0 Å². The Labute approximate surface area is 158 Å². The number of amides is 1. The Morgan fingerprint density at radius 2 is 2.04 bits per heavy atom. The van der Waals surface area contributed by atoms with E-state index in [0.29, 0.717) is 17.9 Å². The summed E-state index contributed by atoms with van der Waals surface area (Å²) < 4.78 is 20.7. The summed E-state index contributed by atoms with van der Waals surface area (Å²) in [6, 6.07) is 11.2. The predicted octanol–water partition coefficient (Wildman–Crippen LogP) is 3.96. The maximum atomic E-state index is 13.7. The summed E-state index contributed by atoms with van der Waals surface area (Å²) >= 11 is 0. The van der Waals surface area contributed by atoms with Gasteiger partial charge in [-0.25, -0.2) is 13.9 Å². The second kappa shape index (κ2) is 7.68. The maximum absolute atomic E-state index is 13.7. The summed E-state index contributed by atoms with van der Waals surface area (Å²) in [5.41, 5.74) is 1.18. The van der Waals surface area contributed by atoms with Gasteiger partial charge in [0.05, 0.1) is 17.3 Å². The van der Waals surface area contributed by atoms with Crippen molar-refractivity contribution >= 4 is 11.9 Å². The summed E-state index contributed by atoms with van der Waals surface area (Å²) in [6.45, 7) is 6.06. The first-order valence-electron chi connectivity index (χ1n) is 9.14. The molecular weight excluding hydrogens is 349 g/mol. The molecule has 146 valence electrons. The molecular formula is C20H26FN3O3. The first-order valence-corrected chi connectivity index (χ1v) is 9.14. The summed E-state index contributed by atoms with van der Waals surface area (Å²) in [7, 11) is 0. The number of benzene rings is 1. The van der Waals surface area contributed by atoms with Crippen LogP contribution < -0.4 is 5.32 Å². The van der Waals surface area contributed by atoms with E-state index >= 15 is 0 Å². The number of halogens is 1. The number of hydrogen-bond donors (Lipinski definition) is 2. The first-order chi connectivity index (χ1) is 12.7. The molecule has 1 fully saturated rings. The Hall–Kier alpha value is -2.41. The van der Waals surface area contributed by atoms with Crippen LogP contribution in [0.1, 0.15) is 50.8 Å². The van der Waals surface area contributed by atoms with Gasteiger partial charge >= 0.3 is 6.09 Å². The molecule has 1 heterocycles. The zero-order chi connectivity index (χ0) is 19.6. The van der Waals surface area contributed by atoms with E-state index in [0.717, 1.165) is 5.56 Å². The number of nitrogens with zero attached hydrogens (tertiary/aromatic N) is 2. The average Bonchev–Trinajstić information content (AvgIpc) is 3.18. The second-order valence-corrected chi connectivity index (χ2v) is 7.98. The summed E-state index contributed by atoms with van der Waals surface area (Å²) in [5, 5.41) is 17.0. The van der Waals surface area contributed by atoms with Gasteiger partial charge in [0.1, 0.15) is 18.6 Å². The molecule has 0 bridgehead atoms. The fourth-order valence-electron chi connectivity index (χ4n) is 3.27. The van der Waals surface area contributed by atoms with Crippen molar-refractivity contribution in [2.75, 3.05) is 5.32 Å². The van der Waals surface area contributed by atoms with E-state index in [4.69, 9.17) is 4.74 Å². The van der Waals surface area contributed by atoms with Gasteiger partial charge in [0.25, 0.3) is 0 Å². The van der Waals surface area contributed by atoms with Crippen LogP contribution in [-0.4, -0.2) is 33.3 Å². The van der Waals surface area contributed by atoms with Gasteiger partial charge in [0, 0.05) is 12.0 Å². The van der Waals surface area contributed by atoms with Crippen molar-refractivity contribution in [1.29, 1.82) is 0 Å². The van der Waals surface area contributed by atoms with Crippen LogP contribution in [0.5, 0.6) is 0 Å². The molecule has 27 heavy (non-hydrogen) atoms. The van der Waals surface area contributed by atoms with E-state index in [1.807, 2.05) is 51.1 Å². The zero-order valence-corrected chi connectivity index (χ0v) is 15.9. The summed E-state index contributed by atoms with van der Waals surface area (Å²) in [4.78, 5) is 12.2. The highest BCUT2D eigenvalue weighted by Gasteiger charge is 2.36. The number of alkyl halides is 1.